The Kier molecular flexibility index (Phi) is 2.93. The van der Waals surface area contributed by atoms with Gasteiger partial charge in [0.1, 0.15) is 6.07 Å². The molecule has 17 heavy (non-hydrogen) atoms. The van der Waals surface area contributed by atoms with Crippen molar-refractivity contribution in [1.29, 1.82) is 5.26 Å². The largest absolute Gasteiger partial charge is 0.263 e. The van der Waals surface area contributed by atoms with Gasteiger partial charge in [-0.3, -0.25) is 4.98 Å². The van der Waals surface area contributed by atoms with Crippen molar-refractivity contribution in [2.24, 2.45) is 0 Å². The molecule has 0 atom stereocenters. The Morgan fingerprint density at radius 3 is 2.47 bits per heavy atom. The van der Waals surface area contributed by atoms with Gasteiger partial charge in [-0.25, -0.2) is 0 Å². The van der Waals surface area contributed by atoms with E-state index >= 15 is 0 Å². The predicted octanol–water partition coefficient (Wildman–Crippen LogP) is 3.28. The van der Waals surface area contributed by atoms with Gasteiger partial charge in [0, 0.05) is 17.8 Å². The van der Waals surface area contributed by atoms with Crippen molar-refractivity contribution in [3.05, 3.63) is 65.5 Å². The fourth-order valence-electron chi connectivity index (χ4n) is 2.04. The molecule has 1 aromatic carbocycles. The number of nitriles is 1. The van der Waals surface area contributed by atoms with E-state index in [1.54, 1.807) is 12.4 Å². The van der Waals surface area contributed by atoms with Crippen molar-refractivity contribution in [3.8, 4) is 6.07 Å². The topological polar surface area (TPSA) is 36.7 Å². The molecule has 2 heteroatoms. The Balaban J connectivity index is 2.56. The summed E-state index contributed by atoms with van der Waals surface area (Å²) in [5, 5.41) is 9.14. The van der Waals surface area contributed by atoms with Crippen LogP contribution in [0.5, 0.6) is 0 Å². The second-order valence-corrected chi connectivity index (χ2v) is 4.52. The third-order valence-corrected chi connectivity index (χ3v) is 3.11. The van der Waals surface area contributed by atoms with Crippen LogP contribution < -0.4 is 0 Å². The summed E-state index contributed by atoms with van der Waals surface area (Å²) in [5.74, 6) is 0. The van der Waals surface area contributed by atoms with Crippen LogP contribution in [0.2, 0.25) is 0 Å². The molecule has 0 fully saturated rings. The van der Waals surface area contributed by atoms with Crippen LogP contribution in [0.25, 0.3) is 0 Å². The summed E-state index contributed by atoms with van der Waals surface area (Å²) in [7, 11) is 0. The maximum Gasteiger partial charge on any atom is 0.101 e. The van der Waals surface area contributed by atoms with E-state index in [-0.39, 0.29) is 5.41 Å². The van der Waals surface area contributed by atoms with Gasteiger partial charge in [0.15, 0.2) is 0 Å². The van der Waals surface area contributed by atoms with E-state index in [9.17, 15) is 0 Å². The van der Waals surface area contributed by atoms with E-state index in [1.165, 1.54) is 5.56 Å². The monoisotopic (exact) mass is 222 g/mol. The van der Waals surface area contributed by atoms with Crippen molar-refractivity contribution in [2.75, 3.05) is 0 Å². The Hall–Kier alpha value is -2.14. The lowest BCUT2D eigenvalue weighted by molar-refractivity contribution is 0.637. The fraction of sp³-hybridized carbons (Fsp3) is 0.200. The van der Waals surface area contributed by atoms with Crippen molar-refractivity contribution in [1.82, 2.24) is 4.98 Å². The van der Waals surface area contributed by atoms with Crippen LogP contribution in [0.4, 0.5) is 0 Å². The smallest absolute Gasteiger partial charge is 0.101 e. The summed E-state index contributed by atoms with van der Waals surface area (Å²) in [5.41, 5.74) is 2.67. The SMILES string of the molecule is CC(C)(c1ccccc1)c1ccncc1C#N. The maximum absolute atomic E-state index is 9.14. The lowest BCUT2D eigenvalue weighted by Gasteiger charge is -2.26. The summed E-state index contributed by atoms with van der Waals surface area (Å²) in [6.07, 6.45) is 3.36. The molecule has 0 saturated heterocycles. The van der Waals surface area contributed by atoms with Crippen molar-refractivity contribution in [2.45, 2.75) is 19.3 Å². The van der Waals surface area contributed by atoms with E-state index in [4.69, 9.17) is 5.26 Å². The predicted molar refractivity (Wildman–Crippen MR) is 67.5 cm³/mol. The second kappa shape index (κ2) is 4.39. The average Bonchev–Trinajstić information content (AvgIpc) is 2.39. The van der Waals surface area contributed by atoms with Crippen LogP contribution in [-0.4, -0.2) is 4.98 Å². The molecule has 0 aliphatic rings. The molecule has 1 heterocycles. The first kappa shape index (κ1) is 11.3. The molecule has 2 rings (SSSR count). The highest BCUT2D eigenvalue weighted by Crippen LogP contribution is 2.32. The molecule has 0 unspecified atom stereocenters. The Bertz CT molecular complexity index is 551. The molecule has 84 valence electrons. The van der Waals surface area contributed by atoms with Gasteiger partial charge >= 0.3 is 0 Å². The van der Waals surface area contributed by atoms with Gasteiger partial charge in [-0.15, -0.1) is 0 Å². The van der Waals surface area contributed by atoms with Crippen LogP contribution in [0.3, 0.4) is 0 Å². The zero-order valence-corrected chi connectivity index (χ0v) is 10.0. The third kappa shape index (κ3) is 2.05. The van der Waals surface area contributed by atoms with E-state index < -0.39 is 0 Å². The van der Waals surface area contributed by atoms with E-state index in [0.717, 1.165) is 5.56 Å². The molecule has 1 aromatic heterocycles. The minimum absolute atomic E-state index is 0.185. The van der Waals surface area contributed by atoms with Gasteiger partial charge in [-0.2, -0.15) is 5.26 Å². The molecule has 0 bridgehead atoms. The number of benzene rings is 1. The molecule has 0 spiro atoms. The molecular weight excluding hydrogens is 208 g/mol. The first-order valence-corrected chi connectivity index (χ1v) is 5.56. The van der Waals surface area contributed by atoms with Crippen LogP contribution in [0.15, 0.2) is 48.8 Å². The molecule has 0 saturated carbocycles. The second-order valence-electron chi connectivity index (χ2n) is 4.52. The van der Waals surface area contributed by atoms with Crippen molar-refractivity contribution < 1.29 is 0 Å². The van der Waals surface area contributed by atoms with Gasteiger partial charge in [-0.05, 0) is 17.2 Å². The summed E-state index contributed by atoms with van der Waals surface area (Å²) in [6, 6.07) is 14.3. The molecule has 2 nitrogen and oxygen atoms in total. The highest BCUT2D eigenvalue weighted by Gasteiger charge is 2.25. The normalized spacial score (nSPS) is 10.9. The van der Waals surface area contributed by atoms with Crippen molar-refractivity contribution in [3.63, 3.8) is 0 Å². The number of aromatic nitrogens is 1. The molecule has 0 aliphatic carbocycles. The quantitative estimate of drug-likeness (QED) is 0.781. The summed E-state index contributed by atoms with van der Waals surface area (Å²) in [6.45, 7) is 4.25. The summed E-state index contributed by atoms with van der Waals surface area (Å²) >= 11 is 0. The number of rotatable bonds is 2. The molecule has 0 amide bonds. The highest BCUT2D eigenvalue weighted by atomic mass is 14.6. The number of hydrogen-bond acceptors (Lipinski definition) is 2. The zero-order chi connectivity index (χ0) is 12.3. The van der Waals surface area contributed by atoms with Gasteiger partial charge < -0.3 is 0 Å². The lowest BCUT2D eigenvalue weighted by atomic mass is 9.77. The fourth-order valence-corrected chi connectivity index (χ4v) is 2.04. The Morgan fingerprint density at radius 2 is 1.82 bits per heavy atom. The zero-order valence-electron chi connectivity index (χ0n) is 10.0. The van der Waals surface area contributed by atoms with E-state index in [0.29, 0.717) is 5.56 Å². The number of hydrogen-bond donors (Lipinski definition) is 0. The van der Waals surface area contributed by atoms with Crippen LogP contribution in [0.1, 0.15) is 30.5 Å². The molecule has 0 N–H and O–H groups in total. The minimum Gasteiger partial charge on any atom is -0.263 e. The summed E-state index contributed by atoms with van der Waals surface area (Å²) in [4.78, 5) is 4.00. The Morgan fingerprint density at radius 1 is 1.12 bits per heavy atom. The molecular formula is C15H14N2. The highest BCUT2D eigenvalue weighted by molar-refractivity contribution is 5.45. The molecule has 0 radical (unpaired) electrons. The molecule has 2 aromatic rings. The molecule has 0 aliphatic heterocycles. The van der Waals surface area contributed by atoms with Gasteiger partial charge in [-0.1, -0.05) is 44.2 Å². The van der Waals surface area contributed by atoms with E-state index in [1.807, 2.05) is 24.3 Å². The summed E-state index contributed by atoms with van der Waals surface area (Å²) < 4.78 is 0. The average molecular weight is 222 g/mol. The first-order valence-electron chi connectivity index (χ1n) is 5.56. The van der Waals surface area contributed by atoms with Crippen molar-refractivity contribution >= 4 is 0 Å². The van der Waals surface area contributed by atoms with Crippen LogP contribution in [0, 0.1) is 11.3 Å². The Labute approximate surface area is 102 Å². The third-order valence-electron chi connectivity index (χ3n) is 3.11. The maximum atomic E-state index is 9.14. The first-order chi connectivity index (χ1) is 8.16. The van der Waals surface area contributed by atoms with Gasteiger partial charge in [0.2, 0.25) is 0 Å². The number of pyridine rings is 1. The standard InChI is InChI=1S/C15H14N2/c1-15(2,13-6-4-3-5-7-13)14-8-9-17-11-12(14)10-16/h3-9,11H,1-2H3. The van der Waals surface area contributed by atoms with Crippen LogP contribution >= 0.6 is 0 Å². The van der Waals surface area contributed by atoms with Crippen LogP contribution in [-0.2, 0) is 5.41 Å². The minimum atomic E-state index is -0.185. The lowest BCUT2D eigenvalue weighted by Crippen LogP contribution is -2.20. The van der Waals surface area contributed by atoms with E-state index in [2.05, 4.69) is 37.0 Å². The van der Waals surface area contributed by atoms with Gasteiger partial charge in [0.25, 0.3) is 0 Å². The number of nitrogens with zero attached hydrogens (tertiary/aromatic N) is 2. The van der Waals surface area contributed by atoms with Gasteiger partial charge in [0.05, 0.1) is 5.56 Å².